The van der Waals surface area contributed by atoms with Crippen LogP contribution in [0.1, 0.15) is 5.56 Å². The van der Waals surface area contributed by atoms with E-state index in [2.05, 4.69) is 9.98 Å². The van der Waals surface area contributed by atoms with E-state index in [4.69, 9.17) is 0 Å². The Labute approximate surface area is 87.1 Å². The van der Waals surface area contributed by atoms with Gasteiger partial charge in [0.25, 0.3) is 0 Å². The molecular weight excluding hydrogens is 191 g/mol. The van der Waals surface area contributed by atoms with Crippen LogP contribution in [-0.2, 0) is 0 Å². The van der Waals surface area contributed by atoms with E-state index in [1.165, 1.54) is 12.1 Å². The third-order valence-electron chi connectivity index (χ3n) is 1.88. The van der Waals surface area contributed by atoms with Crippen molar-refractivity contribution in [3.05, 3.63) is 60.2 Å². The summed E-state index contributed by atoms with van der Waals surface area (Å²) in [7, 11) is 0. The Hall–Kier alpha value is -2.03. The molecule has 0 aliphatic heterocycles. The number of rotatable bonds is 2. The molecule has 1 aromatic heterocycles. The fraction of sp³-hybridized carbons (Fsp3) is 0. The lowest BCUT2D eigenvalue weighted by Crippen LogP contribution is -1.80. The molecule has 2 aromatic rings. The molecule has 0 saturated carbocycles. The van der Waals surface area contributed by atoms with Gasteiger partial charge in [0.2, 0.25) is 0 Å². The SMILES string of the molecule is Fc1ccc(C=Nc2cccnc2)cc1. The van der Waals surface area contributed by atoms with Crippen molar-refractivity contribution in [3.8, 4) is 0 Å². The van der Waals surface area contributed by atoms with Crippen LogP contribution < -0.4 is 0 Å². The van der Waals surface area contributed by atoms with Gasteiger partial charge in [-0.1, -0.05) is 12.1 Å². The van der Waals surface area contributed by atoms with E-state index in [0.717, 1.165) is 11.3 Å². The molecule has 1 heterocycles. The van der Waals surface area contributed by atoms with Gasteiger partial charge in [-0.25, -0.2) is 4.39 Å². The lowest BCUT2D eigenvalue weighted by Gasteiger charge is -1.93. The fourth-order valence-corrected chi connectivity index (χ4v) is 1.13. The molecule has 0 radical (unpaired) electrons. The molecule has 0 fully saturated rings. The van der Waals surface area contributed by atoms with Crippen LogP contribution in [0, 0.1) is 5.82 Å². The highest BCUT2D eigenvalue weighted by atomic mass is 19.1. The van der Waals surface area contributed by atoms with Gasteiger partial charge in [-0.3, -0.25) is 9.98 Å². The highest BCUT2D eigenvalue weighted by Crippen LogP contribution is 2.08. The second kappa shape index (κ2) is 4.46. The molecule has 2 rings (SSSR count). The number of hydrogen-bond donors (Lipinski definition) is 0. The monoisotopic (exact) mass is 200 g/mol. The Kier molecular flexibility index (Phi) is 2.83. The number of aromatic nitrogens is 1. The Morgan fingerprint density at radius 2 is 1.93 bits per heavy atom. The van der Waals surface area contributed by atoms with Gasteiger partial charge in [0.05, 0.1) is 11.9 Å². The first-order valence-corrected chi connectivity index (χ1v) is 4.54. The van der Waals surface area contributed by atoms with Gasteiger partial charge < -0.3 is 0 Å². The summed E-state index contributed by atoms with van der Waals surface area (Å²) in [5.41, 5.74) is 1.64. The van der Waals surface area contributed by atoms with Gasteiger partial charge in [0.1, 0.15) is 5.82 Å². The van der Waals surface area contributed by atoms with Crippen LogP contribution in [0.15, 0.2) is 53.8 Å². The Morgan fingerprint density at radius 3 is 2.60 bits per heavy atom. The molecule has 3 heteroatoms. The largest absolute Gasteiger partial charge is 0.262 e. The minimum Gasteiger partial charge on any atom is -0.262 e. The van der Waals surface area contributed by atoms with Gasteiger partial charge in [0.15, 0.2) is 0 Å². The number of pyridine rings is 1. The predicted octanol–water partition coefficient (Wildman–Crippen LogP) is 2.97. The summed E-state index contributed by atoms with van der Waals surface area (Å²) in [5.74, 6) is -0.242. The van der Waals surface area contributed by atoms with E-state index < -0.39 is 0 Å². The lowest BCUT2D eigenvalue weighted by molar-refractivity contribution is 0.628. The predicted molar refractivity (Wildman–Crippen MR) is 57.9 cm³/mol. The van der Waals surface area contributed by atoms with Crippen molar-refractivity contribution in [2.75, 3.05) is 0 Å². The average molecular weight is 200 g/mol. The highest BCUT2D eigenvalue weighted by Gasteiger charge is 1.90. The third kappa shape index (κ3) is 2.71. The molecule has 74 valence electrons. The smallest absolute Gasteiger partial charge is 0.123 e. The summed E-state index contributed by atoms with van der Waals surface area (Å²) in [4.78, 5) is 8.13. The zero-order valence-corrected chi connectivity index (χ0v) is 7.97. The van der Waals surface area contributed by atoms with Gasteiger partial charge in [-0.2, -0.15) is 0 Å². The molecule has 0 unspecified atom stereocenters. The Bertz CT molecular complexity index is 449. The lowest BCUT2D eigenvalue weighted by atomic mass is 10.2. The van der Waals surface area contributed by atoms with Gasteiger partial charge >= 0.3 is 0 Å². The zero-order valence-electron chi connectivity index (χ0n) is 7.97. The molecule has 0 spiro atoms. The second-order valence-corrected chi connectivity index (χ2v) is 3.02. The van der Waals surface area contributed by atoms with Crippen LogP contribution in [-0.4, -0.2) is 11.2 Å². The zero-order chi connectivity index (χ0) is 10.5. The normalized spacial score (nSPS) is 10.7. The van der Waals surface area contributed by atoms with Crippen molar-refractivity contribution in [2.24, 2.45) is 4.99 Å². The molecular formula is C12H9FN2. The molecule has 1 aromatic carbocycles. The van der Waals surface area contributed by atoms with Crippen LogP contribution >= 0.6 is 0 Å². The first-order chi connectivity index (χ1) is 7.34. The Balaban J connectivity index is 2.15. The first-order valence-electron chi connectivity index (χ1n) is 4.54. The molecule has 0 bridgehead atoms. The summed E-state index contributed by atoms with van der Waals surface area (Å²) < 4.78 is 12.6. The molecule has 15 heavy (non-hydrogen) atoms. The quantitative estimate of drug-likeness (QED) is 0.684. The molecule has 0 atom stereocenters. The molecule has 0 aliphatic rings. The van der Waals surface area contributed by atoms with E-state index in [-0.39, 0.29) is 5.82 Å². The minimum atomic E-state index is -0.242. The van der Waals surface area contributed by atoms with Crippen molar-refractivity contribution in [1.82, 2.24) is 4.98 Å². The van der Waals surface area contributed by atoms with Crippen LogP contribution in [0.25, 0.3) is 0 Å². The van der Waals surface area contributed by atoms with Crippen LogP contribution in [0.4, 0.5) is 10.1 Å². The first kappa shape index (κ1) is 9.52. The molecule has 0 saturated heterocycles. The van der Waals surface area contributed by atoms with E-state index in [0.29, 0.717) is 0 Å². The number of nitrogens with zero attached hydrogens (tertiary/aromatic N) is 2. The van der Waals surface area contributed by atoms with E-state index >= 15 is 0 Å². The molecule has 0 N–H and O–H groups in total. The molecule has 2 nitrogen and oxygen atoms in total. The molecule has 0 aliphatic carbocycles. The number of hydrogen-bond acceptors (Lipinski definition) is 2. The minimum absolute atomic E-state index is 0.242. The van der Waals surface area contributed by atoms with Crippen molar-refractivity contribution in [2.45, 2.75) is 0 Å². The summed E-state index contributed by atoms with van der Waals surface area (Å²) in [6.45, 7) is 0. The van der Waals surface area contributed by atoms with Crippen molar-refractivity contribution in [1.29, 1.82) is 0 Å². The maximum absolute atomic E-state index is 12.6. The maximum Gasteiger partial charge on any atom is 0.123 e. The third-order valence-corrected chi connectivity index (χ3v) is 1.88. The summed E-state index contributed by atoms with van der Waals surface area (Å²) >= 11 is 0. The van der Waals surface area contributed by atoms with Crippen LogP contribution in [0.2, 0.25) is 0 Å². The standard InChI is InChI=1S/C12H9FN2/c13-11-5-3-10(4-6-11)8-15-12-2-1-7-14-9-12/h1-9H. The van der Waals surface area contributed by atoms with E-state index in [9.17, 15) is 4.39 Å². The summed E-state index contributed by atoms with van der Waals surface area (Å²) in [5, 5.41) is 0. The fourth-order valence-electron chi connectivity index (χ4n) is 1.13. The highest BCUT2D eigenvalue weighted by molar-refractivity contribution is 5.81. The van der Waals surface area contributed by atoms with Gasteiger partial charge in [-0.05, 0) is 29.8 Å². The average Bonchev–Trinajstić information content (AvgIpc) is 2.30. The van der Waals surface area contributed by atoms with Gasteiger partial charge in [-0.15, -0.1) is 0 Å². The van der Waals surface area contributed by atoms with Crippen molar-refractivity contribution < 1.29 is 4.39 Å². The summed E-state index contributed by atoms with van der Waals surface area (Å²) in [6.07, 6.45) is 5.04. The number of benzene rings is 1. The van der Waals surface area contributed by atoms with Gasteiger partial charge in [0, 0.05) is 12.4 Å². The number of halogens is 1. The Morgan fingerprint density at radius 1 is 1.13 bits per heavy atom. The van der Waals surface area contributed by atoms with E-state index in [1.807, 2.05) is 12.1 Å². The van der Waals surface area contributed by atoms with Crippen molar-refractivity contribution in [3.63, 3.8) is 0 Å². The summed E-state index contributed by atoms with van der Waals surface area (Å²) in [6, 6.07) is 9.84. The second-order valence-electron chi connectivity index (χ2n) is 3.02. The maximum atomic E-state index is 12.6. The molecule has 0 amide bonds. The van der Waals surface area contributed by atoms with Crippen LogP contribution in [0.3, 0.4) is 0 Å². The van der Waals surface area contributed by atoms with E-state index in [1.54, 1.807) is 30.7 Å². The van der Waals surface area contributed by atoms with Crippen molar-refractivity contribution >= 4 is 11.9 Å². The topological polar surface area (TPSA) is 25.2 Å². The number of aliphatic imine (C=N–C) groups is 1. The van der Waals surface area contributed by atoms with Crippen LogP contribution in [0.5, 0.6) is 0 Å².